The number of fused-ring (bicyclic) bond motifs is 2. The van der Waals surface area contributed by atoms with Crippen LogP contribution in [0.1, 0.15) is 17.5 Å². The van der Waals surface area contributed by atoms with Crippen molar-refractivity contribution in [2.24, 2.45) is 0 Å². The molecular formula is C18H13NO5. The molecule has 1 aliphatic heterocycles. The molecule has 2 heterocycles. The zero-order chi connectivity index (χ0) is 16.8. The third-order valence-corrected chi connectivity index (χ3v) is 4.15. The molecule has 0 amide bonds. The van der Waals surface area contributed by atoms with E-state index in [9.17, 15) is 20.1 Å². The number of phenols is 2. The summed E-state index contributed by atoms with van der Waals surface area (Å²) in [5, 5.41) is 29.5. The number of ketones is 1. The number of carbonyl (C=O) groups excluding carboxylic acids is 1. The van der Waals surface area contributed by atoms with Crippen molar-refractivity contribution in [2.45, 2.75) is 12.5 Å². The van der Waals surface area contributed by atoms with Crippen molar-refractivity contribution in [3.8, 4) is 17.2 Å². The van der Waals surface area contributed by atoms with Gasteiger partial charge in [-0.25, -0.2) is 0 Å². The molecule has 1 aliphatic carbocycles. The van der Waals surface area contributed by atoms with E-state index in [0.29, 0.717) is 22.5 Å². The summed E-state index contributed by atoms with van der Waals surface area (Å²) in [6.45, 7) is 0. The molecule has 0 saturated carbocycles. The number of allylic oxidation sites excluding steroid dienone is 1. The number of nitrogens with zero attached hydrogens (tertiary/aromatic N) is 1. The van der Waals surface area contributed by atoms with Crippen molar-refractivity contribution >= 4 is 11.4 Å². The van der Waals surface area contributed by atoms with E-state index in [4.69, 9.17) is 4.74 Å². The number of aromatic hydroxyl groups is 2. The first-order valence-corrected chi connectivity index (χ1v) is 7.36. The van der Waals surface area contributed by atoms with Crippen LogP contribution >= 0.6 is 0 Å². The van der Waals surface area contributed by atoms with Crippen molar-refractivity contribution in [2.75, 3.05) is 0 Å². The highest BCUT2D eigenvalue weighted by molar-refractivity contribution is 5.99. The van der Waals surface area contributed by atoms with Crippen LogP contribution in [-0.4, -0.2) is 32.2 Å². The number of rotatable bonds is 1. The fourth-order valence-corrected chi connectivity index (χ4v) is 3.03. The van der Waals surface area contributed by atoms with Gasteiger partial charge >= 0.3 is 0 Å². The van der Waals surface area contributed by atoms with Gasteiger partial charge in [0.1, 0.15) is 11.9 Å². The number of aliphatic hydroxyl groups is 1. The molecule has 3 N–H and O–H groups in total. The van der Waals surface area contributed by atoms with Crippen LogP contribution in [0.2, 0.25) is 0 Å². The topological polar surface area (TPSA) is 99.9 Å². The molecule has 0 saturated heterocycles. The van der Waals surface area contributed by atoms with Gasteiger partial charge in [0.2, 0.25) is 5.78 Å². The summed E-state index contributed by atoms with van der Waals surface area (Å²) in [5.74, 6) is -0.944. The molecule has 2 aliphatic rings. The number of benzene rings is 1. The Morgan fingerprint density at radius 1 is 1.17 bits per heavy atom. The van der Waals surface area contributed by atoms with Gasteiger partial charge in [-0.15, -0.1) is 0 Å². The zero-order valence-corrected chi connectivity index (χ0v) is 12.4. The summed E-state index contributed by atoms with van der Waals surface area (Å²) in [5.41, 5.74) is 2.65. The summed E-state index contributed by atoms with van der Waals surface area (Å²) in [6, 6.07) is 6.33. The number of Topliss-reactive ketones (excluding diaryl/α,β-unsaturated/α-hetero) is 1. The van der Waals surface area contributed by atoms with Gasteiger partial charge < -0.3 is 20.1 Å². The Hall–Kier alpha value is -3.28. The molecule has 24 heavy (non-hydrogen) atoms. The van der Waals surface area contributed by atoms with E-state index in [1.54, 1.807) is 18.5 Å². The second-order valence-electron chi connectivity index (χ2n) is 5.67. The van der Waals surface area contributed by atoms with Gasteiger partial charge in [0.05, 0.1) is 6.42 Å². The number of hydrogen-bond acceptors (Lipinski definition) is 6. The van der Waals surface area contributed by atoms with Gasteiger partial charge in [-0.1, -0.05) is 6.07 Å². The second-order valence-corrected chi connectivity index (χ2v) is 5.67. The predicted molar refractivity (Wildman–Crippen MR) is 84.8 cm³/mol. The monoisotopic (exact) mass is 323 g/mol. The lowest BCUT2D eigenvalue weighted by Gasteiger charge is -2.32. The lowest BCUT2D eigenvalue weighted by molar-refractivity contribution is -0.119. The smallest absolute Gasteiger partial charge is 0.201 e. The third kappa shape index (κ3) is 2.11. The van der Waals surface area contributed by atoms with E-state index >= 15 is 0 Å². The van der Waals surface area contributed by atoms with Crippen LogP contribution in [0, 0.1) is 0 Å². The first kappa shape index (κ1) is 14.3. The number of aliphatic hydroxyl groups excluding tert-OH is 1. The normalized spacial score (nSPS) is 19.2. The minimum atomic E-state index is -0.569. The van der Waals surface area contributed by atoms with Crippen molar-refractivity contribution in [3.63, 3.8) is 0 Å². The number of pyridine rings is 1. The van der Waals surface area contributed by atoms with Crippen molar-refractivity contribution in [1.29, 1.82) is 0 Å². The van der Waals surface area contributed by atoms with Gasteiger partial charge in [-0.2, -0.15) is 0 Å². The molecule has 1 aromatic carbocycles. The predicted octanol–water partition coefficient (Wildman–Crippen LogP) is 2.47. The number of aromatic nitrogens is 1. The molecule has 0 fully saturated rings. The molecule has 1 aromatic heterocycles. The molecule has 6 nitrogen and oxygen atoms in total. The fraction of sp³-hybridized carbons (Fsp3) is 0.111. The molecule has 0 radical (unpaired) electrons. The second kappa shape index (κ2) is 5.13. The SMILES string of the molecule is O=C1CC2Oc3cc(O)c(O)cc3C(c3cccnc3)=C2C=C1O. The van der Waals surface area contributed by atoms with E-state index < -0.39 is 11.9 Å². The van der Waals surface area contributed by atoms with Crippen molar-refractivity contribution in [3.05, 3.63) is 65.2 Å². The largest absolute Gasteiger partial charge is 0.504 e. The number of carbonyl (C=O) groups is 1. The Labute approximate surface area is 137 Å². The van der Waals surface area contributed by atoms with Crippen LogP contribution in [0.4, 0.5) is 0 Å². The van der Waals surface area contributed by atoms with E-state index in [0.717, 1.165) is 5.56 Å². The molecule has 1 unspecified atom stereocenters. The van der Waals surface area contributed by atoms with Gasteiger partial charge in [0.25, 0.3) is 0 Å². The first-order valence-electron chi connectivity index (χ1n) is 7.36. The average Bonchev–Trinajstić information content (AvgIpc) is 2.57. The molecule has 4 rings (SSSR count). The summed E-state index contributed by atoms with van der Waals surface area (Å²) >= 11 is 0. The highest BCUT2D eigenvalue weighted by atomic mass is 16.5. The maximum Gasteiger partial charge on any atom is 0.201 e. The zero-order valence-electron chi connectivity index (χ0n) is 12.4. The van der Waals surface area contributed by atoms with Gasteiger partial charge in [-0.3, -0.25) is 9.78 Å². The van der Waals surface area contributed by atoms with E-state index in [-0.39, 0.29) is 23.7 Å². The van der Waals surface area contributed by atoms with Crippen LogP contribution < -0.4 is 4.74 Å². The minimum absolute atomic E-state index is 0.00249. The van der Waals surface area contributed by atoms with Crippen molar-refractivity contribution < 1.29 is 24.9 Å². The molecular weight excluding hydrogens is 310 g/mol. The molecule has 0 bridgehead atoms. The molecule has 120 valence electrons. The Bertz CT molecular complexity index is 915. The lowest BCUT2D eigenvalue weighted by Crippen LogP contribution is -2.31. The maximum absolute atomic E-state index is 11.8. The molecule has 1 atom stereocenters. The average molecular weight is 323 g/mol. The number of phenolic OH excluding ortho intramolecular Hbond substituents is 2. The van der Waals surface area contributed by atoms with Crippen molar-refractivity contribution in [1.82, 2.24) is 4.98 Å². The molecule has 2 aromatic rings. The highest BCUT2D eigenvalue weighted by Crippen LogP contribution is 2.46. The minimum Gasteiger partial charge on any atom is -0.504 e. The lowest BCUT2D eigenvalue weighted by atomic mass is 9.84. The Kier molecular flexibility index (Phi) is 3.06. The Balaban J connectivity index is 2.04. The molecule has 6 heteroatoms. The highest BCUT2D eigenvalue weighted by Gasteiger charge is 2.35. The first-order chi connectivity index (χ1) is 11.5. The number of ether oxygens (including phenoxy) is 1. The Morgan fingerprint density at radius 2 is 1.96 bits per heavy atom. The third-order valence-electron chi connectivity index (χ3n) is 4.15. The summed E-state index contributed by atoms with van der Waals surface area (Å²) in [7, 11) is 0. The summed E-state index contributed by atoms with van der Waals surface area (Å²) < 4.78 is 5.82. The number of hydrogen-bond donors (Lipinski definition) is 3. The van der Waals surface area contributed by atoms with Gasteiger partial charge in [0, 0.05) is 40.7 Å². The maximum atomic E-state index is 11.8. The Morgan fingerprint density at radius 3 is 2.71 bits per heavy atom. The standard InChI is InChI=1S/C18H13NO5/c20-12-4-10-16(6-14(12)22)24-17-7-15(23)13(21)5-11(17)18(10)9-2-1-3-19-8-9/h1-6,8,17,20-22H,7H2. The fourth-order valence-electron chi connectivity index (χ4n) is 3.03. The van der Waals surface area contributed by atoms with Crippen LogP contribution in [0.25, 0.3) is 5.57 Å². The molecule has 0 spiro atoms. The van der Waals surface area contributed by atoms with Gasteiger partial charge in [0.15, 0.2) is 17.3 Å². The van der Waals surface area contributed by atoms with Crippen LogP contribution in [0.5, 0.6) is 17.2 Å². The van der Waals surface area contributed by atoms with E-state index in [1.165, 1.54) is 18.2 Å². The quantitative estimate of drug-likeness (QED) is 0.697. The van der Waals surface area contributed by atoms with Crippen LogP contribution in [-0.2, 0) is 4.79 Å². The van der Waals surface area contributed by atoms with Gasteiger partial charge in [-0.05, 0) is 18.2 Å². The van der Waals surface area contributed by atoms with Crippen LogP contribution in [0.3, 0.4) is 0 Å². The van der Waals surface area contributed by atoms with Crippen LogP contribution in [0.15, 0.2) is 54.1 Å². The van der Waals surface area contributed by atoms with E-state index in [1.807, 2.05) is 6.07 Å². The summed E-state index contributed by atoms with van der Waals surface area (Å²) in [6.07, 6.45) is 4.12. The summed E-state index contributed by atoms with van der Waals surface area (Å²) in [4.78, 5) is 15.9. The van der Waals surface area contributed by atoms with E-state index in [2.05, 4.69) is 4.98 Å².